The lowest BCUT2D eigenvalue weighted by molar-refractivity contribution is 0.417. The molecule has 0 bridgehead atoms. The van der Waals surface area contributed by atoms with Gasteiger partial charge in [0.25, 0.3) is 0 Å². The fourth-order valence-corrected chi connectivity index (χ4v) is 3.18. The standard InChI is InChI=1S/C19H13N5/c20-9-15-8-16(24-7-6-22-13-24)4-5-17(15)18-3-1-2-14-10-23(12-21)11-19(14)18/h1-8,13H,10-11H2. The fourth-order valence-electron chi connectivity index (χ4n) is 3.18. The Hall–Kier alpha value is -3.57. The van der Waals surface area contributed by atoms with Crippen LogP contribution in [0.25, 0.3) is 16.8 Å². The molecule has 1 aromatic heterocycles. The molecular formula is C19H13N5. The highest BCUT2D eigenvalue weighted by molar-refractivity contribution is 5.76. The molecule has 0 amide bonds. The first-order chi connectivity index (χ1) is 11.8. The van der Waals surface area contributed by atoms with E-state index in [1.165, 1.54) is 0 Å². The predicted octanol–water partition coefficient (Wildman–Crippen LogP) is 3.21. The zero-order valence-corrected chi connectivity index (χ0v) is 12.8. The van der Waals surface area contributed by atoms with Crippen molar-refractivity contribution in [3.05, 3.63) is 71.8 Å². The van der Waals surface area contributed by atoms with Gasteiger partial charge < -0.3 is 9.47 Å². The average Bonchev–Trinajstić information content (AvgIpc) is 3.30. The number of aromatic nitrogens is 2. The van der Waals surface area contributed by atoms with E-state index >= 15 is 0 Å². The number of benzene rings is 2. The summed E-state index contributed by atoms with van der Waals surface area (Å²) in [5.41, 5.74) is 5.73. The monoisotopic (exact) mass is 311 g/mol. The second-order valence-corrected chi connectivity index (χ2v) is 5.71. The lowest BCUT2D eigenvalue weighted by atomic mass is 9.93. The van der Waals surface area contributed by atoms with Crippen molar-refractivity contribution >= 4 is 0 Å². The van der Waals surface area contributed by atoms with Crippen LogP contribution in [0.1, 0.15) is 16.7 Å². The Morgan fingerprint density at radius 3 is 2.71 bits per heavy atom. The summed E-state index contributed by atoms with van der Waals surface area (Å²) in [5, 5.41) is 18.8. The molecule has 0 saturated carbocycles. The lowest BCUT2D eigenvalue weighted by Gasteiger charge is -2.11. The number of rotatable bonds is 2. The summed E-state index contributed by atoms with van der Waals surface area (Å²) in [5.74, 6) is 0. The molecule has 114 valence electrons. The van der Waals surface area contributed by atoms with Crippen molar-refractivity contribution < 1.29 is 0 Å². The number of nitrogens with zero attached hydrogens (tertiary/aromatic N) is 5. The zero-order chi connectivity index (χ0) is 16.5. The molecule has 0 aliphatic carbocycles. The maximum atomic E-state index is 9.61. The maximum absolute atomic E-state index is 9.61. The molecule has 3 aromatic rings. The highest BCUT2D eigenvalue weighted by Crippen LogP contribution is 2.34. The molecular weight excluding hydrogens is 298 g/mol. The molecule has 24 heavy (non-hydrogen) atoms. The van der Waals surface area contributed by atoms with Crippen LogP contribution in [0.2, 0.25) is 0 Å². The van der Waals surface area contributed by atoms with Crippen molar-refractivity contribution in [3.63, 3.8) is 0 Å². The number of fused-ring (bicyclic) bond motifs is 1. The Labute approximate surface area is 139 Å². The van der Waals surface area contributed by atoms with Crippen molar-refractivity contribution in [1.82, 2.24) is 14.5 Å². The molecule has 4 rings (SSSR count). The van der Waals surface area contributed by atoms with Gasteiger partial charge in [0.2, 0.25) is 0 Å². The molecule has 0 radical (unpaired) electrons. The molecule has 0 N–H and O–H groups in total. The van der Waals surface area contributed by atoms with Gasteiger partial charge in [0.05, 0.1) is 31.0 Å². The smallest absolute Gasteiger partial charge is 0.179 e. The van der Waals surface area contributed by atoms with E-state index in [1.54, 1.807) is 17.4 Å². The van der Waals surface area contributed by atoms with Crippen LogP contribution >= 0.6 is 0 Å². The van der Waals surface area contributed by atoms with Gasteiger partial charge in [-0.25, -0.2) is 4.98 Å². The molecule has 2 aromatic carbocycles. The van der Waals surface area contributed by atoms with Gasteiger partial charge in [0, 0.05) is 18.1 Å². The number of nitriles is 2. The number of hydrogen-bond donors (Lipinski definition) is 0. The van der Waals surface area contributed by atoms with Crippen LogP contribution in [-0.4, -0.2) is 14.5 Å². The first kappa shape index (κ1) is 14.0. The Bertz CT molecular complexity index is 990. The Kier molecular flexibility index (Phi) is 3.26. The Morgan fingerprint density at radius 1 is 1.04 bits per heavy atom. The van der Waals surface area contributed by atoms with Crippen molar-refractivity contribution in [3.8, 4) is 29.1 Å². The summed E-state index contributed by atoms with van der Waals surface area (Å²) >= 11 is 0. The molecule has 5 nitrogen and oxygen atoms in total. The van der Waals surface area contributed by atoms with Crippen LogP contribution in [0.4, 0.5) is 0 Å². The van der Waals surface area contributed by atoms with Gasteiger partial charge in [-0.1, -0.05) is 24.3 Å². The summed E-state index contributed by atoms with van der Waals surface area (Å²) in [6.07, 6.45) is 7.47. The lowest BCUT2D eigenvalue weighted by Crippen LogP contribution is -2.07. The van der Waals surface area contributed by atoms with Gasteiger partial charge in [-0.15, -0.1) is 0 Å². The molecule has 0 spiro atoms. The van der Waals surface area contributed by atoms with Gasteiger partial charge in [-0.3, -0.25) is 0 Å². The van der Waals surface area contributed by atoms with E-state index in [4.69, 9.17) is 5.26 Å². The van der Waals surface area contributed by atoms with Crippen LogP contribution in [0.15, 0.2) is 55.1 Å². The summed E-state index contributed by atoms with van der Waals surface area (Å²) < 4.78 is 1.87. The van der Waals surface area contributed by atoms with E-state index in [0.717, 1.165) is 27.9 Å². The minimum atomic E-state index is 0.593. The third kappa shape index (κ3) is 2.20. The topological polar surface area (TPSA) is 68.6 Å². The minimum absolute atomic E-state index is 0.593. The number of hydrogen-bond acceptors (Lipinski definition) is 4. The Balaban J connectivity index is 1.83. The van der Waals surface area contributed by atoms with E-state index in [2.05, 4.69) is 17.2 Å². The predicted molar refractivity (Wildman–Crippen MR) is 88.6 cm³/mol. The quantitative estimate of drug-likeness (QED) is 0.681. The summed E-state index contributed by atoms with van der Waals surface area (Å²) in [7, 11) is 0. The summed E-state index contributed by atoms with van der Waals surface area (Å²) in [4.78, 5) is 5.77. The maximum Gasteiger partial charge on any atom is 0.179 e. The average molecular weight is 311 g/mol. The molecule has 5 heteroatoms. The van der Waals surface area contributed by atoms with Crippen molar-refractivity contribution in [2.45, 2.75) is 13.1 Å². The van der Waals surface area contributed by atoms with Gasteiger partial charge in [-0.05, 0) is 34.4 Å². The Morgan fingerprint density at radius 2 is 1.96 bits per heavy atom. The normalized spacial score (nSPS) is 12.5. The highest BCUT2D eigenvalue weighted by Gasteiger charge is 2.22. The van der Waals surface area contributed by atoms with Crippen molar-refractivity contribution in [2.75, 3.05) is 0 Å². The van der Waals surface area contributed by atoms with Crippen LogP contribution in [0.3, 0.4) is 0 Å². The molecule has 2 heterocycles. The largest absolute Gasteiger partial charge is 0.306 e. The zero-order valence-electron chi connectivity index (χ0n) is 12.8. The first-order valence-corrected chi connectivity index (χ1v) is 7.58. The molecule has 1 aliphatic rings. The van der Waals surface area contributed by atoms with Gasteiger partial charge in [0.15, 0.2) is 6.19 Å². The third-order valence-corrected chi connectivity index (χ3v) is 4.34. The second kappa shape index (κ2) is 5.57. The molecule has 1 aliphatic heterocycles. The molecule has 0 unspecified atom stereocenters. The summed E-state index contributed by atoms with van der Waals surface area (Å²) in [6, 6.07) is 14.2. The van der Waals surface area contributed by atoms with Gasteiger partial charge >= 0.3 is 0 Å². The third-order valence-electron chi connectivity index (χ3n) is 4.34. The van der Waals surface area contributed by atoms with Gasteiger partial charge in [0.1, 0.15) is 0 Å². The van der Waals surface area contributed by atoms with E-state index in [0.29, 0.717) is 18.7 Å². The van der Waals surface area contributed by atoms with E-state index < -0.39 is 0 Å². The molecule has 0 fully saturated rings. The van der Waals surface area contributed by atoms with Gasteiger partial charge in [-0.2, -0.15) is 10.5 Å². The number of imidazole rings is 1. The minimum Gasteiger partial charge on any atom is -0.306 e. The van der Waals surface area contributed by atoms with Crippen LogP contribution < -0.4 is 0 Å². The van der Waals surface area contributed by atoms with Crippen molar-refractivity contribution in [1.29, 1.82) is 10.5 Å². The van der Waals surface area contributed by atoms with Crippen LogP contribution in [0.5, 0.6) is 0 Å². The molecule has 0 saturated heterocycles. The molecule has 0 atom stereocenters. The van der Waals surface area contributed by atoms with E-state index in [-0.39, 0.29) is 0 Å². The van der Waals surface area contributed by atoms with Crippen LogP contribution in [-0.2, 0) is 13.1 Å². The van der Waals surface area contributed by atoms with Crippen molar-refractivity contribution in [2.24, 2.45) is 0 Å². The summed E-state index contributed by atoms with van der Waals surface area (Å²) in [6.45, 7) is 1.23. The van der Waals surface area contributed by atoms with E-state index in [9.17, 15) is 5.26 Å². The van der Waals surface area contributed by atoms with E-state index in [1.807, 2.05) is 47.2 Å². The second-order valence-electron chi connectivity index (χ2n) is 5.71. The highest BCUT2D eigenvalue weighted by atomic mass is 15.1. The van der Waals surface area contributed by atoms with Crippen LogP contribution in [0, 0.1) is 22.8 Å². The SMILES string of the molecule is N#Cc1cc(-n2ccnc2)ccc1-c1cccc2c1CN(C#N)C2. The first-order valence-electron chi connectivity index (χ1n) is 7.58. The fraction of sp³-hybridized carbons (Fsp3) is 0.105.